The van der Waals surface area contributed by atoms with Crippen molar-refractivity contribution in [2.45, 2.75) is 45.6 Å². The Bertz CT molecular complexity index is 504. The number of hydrogen-bond donors (Lipinski definition) is 1. The quantitative estimate of drug-likeness (QED) is 0.689. The van der Waals surface area contributed by atoms with Gasteiger partial charge in [0.2, 0.25) is 0 Å². The lowest BCUT2D eigenvalue weighted by Crippen LogP contribution is -2.12. The van der Waals surface area contributed by atoms with Crippen molar-refractivity contribution >= 4 is 5.69 Å². The number of aryl methyl sites for hydroxylation is 1. The van der Waals surface area contributed by atoms with Gasteiger partial charge in [-0.2, -0.15) is 0 Å². The first kappa shape index (κ1) is 14.6. The van der Waals surface area contributed by atoms with E-state index >= 15 is 0 Å². The Balaban J connectivity index is 2.19. The fourth-order valence-electron chi connectivity index (χ4n) is 2.57. The van der Waals surface area contributed by atoms with Gasteiger partial charge < -0.3 is 5.32 Å². The molecule has 0 radical (unpaired) electrons. The van der Waals surface area contributed by atoms with Crippen LogP contribution in [0.4, 0.5) is 5.69 Å². The van der Waals surface area contributed by atoms with Crippen LogP contribution in [0.1, 0.15) is 50.3 Å². The third-order valence-electron chi connectivity index (χ3n) is 3.78. The molecule has 0 spiro atoms. The molecule has 0 aliphatic carbocycles. The molecule has 0 heterocycles. The summed E-state index contributed by atoms with van der Waals surface area (Å²) < 4.78 is 0. The van der Waals surface area contributed by atoms with Crippen LogP contribution in [0.15, 0.2) is 54.6 Å². The van der Waals surface area contributed by atoms with E-state index in [4.69, 9.17) is 0 Å². The lowest BCUT2D eigenvalue weighted by atomic mass is 10.00. The van der Waals surface area contributed by atoms with Crippen LogP contribution in [0.25, 0.3) is 0 Å². The zero-order valence-electron chi connectivity index (χ0n) is 12.6. The van der Waals surface area contributed by atoms with E-state index in [1.807, 2.05) is 0 Å². The topological polar surface area (TPSA) is 12.0 Å². The number of hydrogen-bond acceptors (Lipinski definition) is 1. The first-order chi connectivity index (χ1) is 9.85. The molecule has 2 rings (SSSR count). The fraction of sp³-hybridized carbons (Fsp3) is 0.368. The molecule has 0 aromatic heterocycles. The lowest BCUT2D eigenvalue weighted by Gasteiger charge is -2.22. The van der Waals surface area contributed by atoms with Gasteiger partial charge in [-0.25, -0.2) is 0 Å². The first-order valence-corrected chi connectivity index (χ1v) is 7.74. The highest BCUT2D eigenvalue weighted by molar-refractivity contribution is 5.52. The molecule has 2 aromatic carbocycles. The van der Waals surface area contributed by atoms with Crippen LogP contribution in [0, 0.1) is 0 Å². The van der Waals surface area contributed by atoms with Crippen molar-refractivity contribution < 1.29 is 0 Å². The molecule has 2 aromatic rings. The van der Waals surface area contributed by atoms with Crippen LogP contribution in [0.2, 0.25) is 0 Å². The van der Waals surface area contributed by atoms with Crippen molar-refractivity contribution in [3.05, 3.63) is 65.7 Å². The predicted octanol–water partition coefficient (Wildman–Crippen LogP) is 5.59. The second-order valence-corrected chi connectivity index (χ2v) is 5.26. The van der Waals surface area contributed by atoms with Crippen molar-refractivity contribution in [1.29, 1.82) is 0 Å². The minimum atomic E-state index is 0.406. The van der Waals surface area contributed by atoms with E-state index in [0.717, 1.165) is 6.42 Å². The molecule has 0 aliphatic rings. The van der Waals surface area contributed by atoms with E-state index in [9.17, 15) is 0 Å². The Kier molecular flexibility index (Phi) is 5.67. The smallest absolute Gasteiger partial charge is 0.0513 e. The molecule has 1 unspecified atom stereocenters. The minimum absolute atomic E-state index is 0.406. The standard InChI is InChI=1S/C19H25N/c1-3-5-14-19(17-12-7-6-8-13-17)20-18-15-10-9-11-16(18)4-2/h6-13,15,19-20H,3-5,14H2,1-2H3. The van der Waals surface area contributed by atoms with Crippen LogP contribution in [0.5, 0.6) is 0 Å². The summed E-state index contributed by atoms with van der Waals surface area (Å²) in [5.74, 6) is 0. The van der Waals surface area contributed by atoms with Gasteiger partial charge in [-0.3, -0.25) is 0 Å². The Labute approximate surface area is 123 Å². The van der Waals surface area contributed by atoms with Gasteiger partial charge in [0.1, 0.15) is 0 Å². The summed E-state index contributed by atoms with van der Waals surface area (Å²) in [5, 5.41) is 3.75. The highest BCUT2D eigenvalue weighted by Crippen LogP contribution is 2.26. The Hall–Kier alpha value is -1.76. The van der Waals surface area contributed by atoms with E-state index in [0.29, 0.717) is 6.04 Å². The average Bonchev–Trinajstić information content (AvgIpc) is 2.52. The predicted molar refractivity (Wildman–Crippen MR) is 88.2 cm³/mol. The second kappa shape index (κ2) is 7.74. The summed E-state index contributed by atoms with van der Waals surface area (Å²) in [6, 6.07) is 19.8. The molecular formula is C19H25N. The Morgan fingerprint density at radius 3 is 2.30 bits per heavy atom. The number of para-hydroxylation sites is 1. The third kappa shape index (κ3) is 3.86. The van der Waals surface area contributed by atoms with Crippen molar-refractivity contribution in [2.24, 2.45) is 0 Å². The molecule has 1 N–H and O–H groups in total. The van der Waals surface area contributed by atoms with Crippen LogP contribution >= 0.6 is 0 Å². The second-order valence-electron chi connectivity index (χ2n) is 5.26. The Morgan fingerprint density at radius 1 is 0.900 bits per heavy atom. The number of benzene rings is 2. The van der Waals surface area contributed by atoms with Gasteiger partial charge in [-0.05, 0) is 30.0 Å². The summed E-state index contributed by atoms with van der Waals surface area (Å²) in [6.45, 7) is 4.46. The molecule has 0 aliphatic heterocycles. The van der Waals surface area contributed by atoms with E-state index in [1.165, 1.54) is 36.1 Å². The summed E-state index contributed by atoms with van der Waals surface area (Å²) in [4.78, 5) is 0. The maximum atomic E-state index is 3.75. The van der Waals surface area contributed by atoms with Gasteiger partial charge in [0.15, 0.2) is 0 Å². The summed E-state index contributed by atoms with van der Waals surface area (Å²) in [6.07, 6.45) is 4.73. The lowest BCUT2D eigenvalue weighted by molar-refractivity contribution is 0.634. The third-order valence-corrected chi connectivity index (χ3v) is 3.78. The number of nitrogens with one attached hydrogen (secondary N) is 1. The van der Waals surface area contributed by atoms with E-state index < -0.39 is 0 Å². The number of anilines is 1. The fourth-order valence-corrected chi connectivity index (χ4v) is 2.57. The van der Waals surface area contributed by atoms with Crippen LogP contribution in [-0.4, -0.2) is 0 Å². The van der Waals surface area contributed by atoms with Crippen LogP contribution < -0.4 is 5.32 Å². The minimum Gasteiger partial charge on any atom is -0.378 e. The molecule has 0 bridgehead atoms. The average molecular weight is 267 g/mol. The Morgan fingerprint density at radius 2 is 1.60 bits per heavy atom. The molecule has 0 amide bonds. The van der Waals surface area contributed by atoms with E-state index in [2.05, 4.69) is 73.8 Å². The molecule has 0 saturated heterocycles. The molecule has 0 fully saturated rings. The van der Waals surface area contributed by atoms with E-state index in [-0.39, 0.29) is 0 Å². The molecule has 0 saturated carbocycles. The zero-order chi connectivity index (χ0) is 14.2. The van der Waals surface area contributed by atoms with E-state index in [1.54, 1.807) is 0 Å². The molecule has 1 nitrogen and oxygen atoms in total. The van der Waals surface area contributed by atoms with Gasteiger partial charge >= 0.3 is 0 Å². The maximum absolute atomic E-state index is 3.75. The maximum Gasteiger partial charge on any atom is 0.0513 e. The van der Waals surface area contributed by atoms with Crippen molar-refractivity contribution in [1.82, 2.24) is 0 Å². The zero-order valence-corrected chi connectivity index (χ0v) is 12.6. The summed E-state index contributed by atoms with van der Waals surface area (Å²) in [5.41, 5.74) is 4.05. The van der Waals surface area contributed by atoms with Crippen LogP contribution in [0.3, 0.4) is 0 Å². The van der Waals surface area contributed by atoms with Crippen molar-refractivity contribution in [2.75, 3.05) is 5.32 Å². The SMILES string of the molecule is CCCCC(Nc1ccccc1CC)c1ccccc1. The molecular weight excluding hydrogens is 242 g/mol. The number of unbranched alkanes of at least 4 members (excludes halogenated alkanes) is 1. The highest BCUT2D eigenvalue weighted by Gasteiger charge is 2.11. The van der Waals surface area contributed by atoms with Crippen molar-refractivity contribution in [3.8, 4) is 0 Å². The van der Waals surface area contributed by atoms with Crippen molar-refractivity contribution in [3.63, 3.8) is 0 Å². The monoisotopic (exact) mass is 267 g/mol. The van der Waals surface area contributed by atoms with Crippen LogP contribution in [-0.2, 0) is 6.42 Å². The largest absolute Gasteiger partial charge is 0.378 e. The van der Waals surface area contributed by atoms with Gasteiger partial charge in [0, 0.05) is 5.69 Å². The number of rotatable bonds is 7. The molecule has 20 heavy (non-hydrogen) atoms. The van der Waals surface area contributed by atoms with Gasteiger partial charge in [0.25, 0.3) is 0 Å². The normalized spacial score (nSPS) is 12.1. The summed E-state index contributed by atoms with van der Waals surface area (Å²) >= 11 is 0. The molecule has 1 heteroatoms. The summed E-state index contributed by atoms with van der Waals surface area (Å²) in [7, 11) is 0. The molecule has 106 valence electrons. The highest BCUT2D eigenvalue weighted by atomic mass is 14.9. The molecule has 1 atom stereocenters. The van der Waals surface area contributed by atoms with Gasteiger partial charge in [-0.1, -0.05) is 75.2 Å². The van der Waals surface area contributed by atoms with Gasteiger partial charge in [-0.15, -0.1) is 0 Å². The van der Waals surface area contributed by atoms with Gasteiger partial charge in [0.05, 0.1) is 6.04 Å². The first-order valence-electron chi connectivity index (χ1n) is 7.74.